The van der Waals surface area contributed by atoms with E-state index in [1.54, 1.807) is 12.1 Å². The molecule has 0 atom stereocenters. The monoisotopic (exact) mass is 311 g/mol. The Morgan fingerprint density at radius 2 is 1.88 bits per heavy atom. The van der Waals surface area contributed by atoms with E-state index in [4.69, 9.17) is 5.73 Å². The van der Waals surface area contributed by atoms with Crippen molar-refractivity contribution in [3.05, 3.63) is 52.3 Å². The lowest BCUT2D eigenvalue weighted by Crippen LogP contribution is -1.90. The molecule has 4 heteroatoms. The summed E-state index contributed by atoms with van der Waals surface area (Å²) in [5.41, 5.74) is 7.52. The summed E-state index contributed by atoms with van der Waals surface area (Å²) in [6.45, 7) is 1.94. The average Bonchev–Trinajstić information content (AvgIpc) is 2.29. The molecule has 0 fully saturated rings. The SMILES string of the molecule is Cc1cc(Sc2ccccc2F)c(Br)cc1N. The molecule has 1 nitrogen and oxygen atoms in total. The second-order valence-corrected chi connectivity index (χ2v) is 5.61. The molecule has 0 saturated heterocycles. The lowest BCUT2D eigenvalue weighted by molar-refractivity contribution is 0.602. The van der Waals surface area contributed by atoms with Crippen LogP contribution >= 0.6 is 27.7 Å². The third-order valence-corrected chi connectivity index (χ3v) is 4.40. The number of hydrogen-bond acceptors (Lipinski definition) is 2. The third-order valence-electron chi connectivity index (χ3n) is 2.38. The molecule has 88 valence electrons. The van der Waals surface area contributed by atoms with Crippen molar-refractivity contribution < 1.29 is 4.39 Å². The van der Waals surface area contributed by atoms with Crippen molar-refractivity contribution in [2.75, 3.05) is 5.73 Å². The number of aryl methyl sites for hydroxylation is 1. The van der Waals surface area contributed by atoms with Gasteiger partial charge in [0.2, 0.25) is 0 Å². The molecular formula is C13H11BrFNS. The molecule has 2 aromatic rings. The predicted octanol–water partition coefficient (Wildman–Crippen LogP) is 4.63. The molecular weight excluding hydrogens is 301 g/mol. The van der Waals surface area contributed by atoms with E-state index >= 15 is 0 Å². The van der Waals surface area contributed by atoms with Crippen molar-refractivity contribution in [3.8, 4) is 0 Å². The van der Waals surface area contributed by atoms with Crippen LogP contribution in [0.1, 0.15) is 5.56 Å². The van der Waals surface area contributed by atoms with Crippen LogP contribution in [0.2, 0.25) is 0 Å². The van der Waals surface area contributed by atoms with E-state index in [1.165, 1.54) is 17.8 Å². The number of nitrogen functional groups attached to an aromatic ring is 1. The van der Waals surface area contributed by atoms with Crippen molar-refractivity contribution >= 4 is 33.4 Å². The lowest BCUT2D eigenvalue weighted by Gasteiger charge is -2.08. The molecule has 0 saturated carbocycles. The molecule has 0 aliphatic heterocycles. The first kappa shape index (κ1) is 12.5. The van der Waals surface area contributed by atoms with Crippen molar-refractivity contribution in [3.63, 3.8) is 0 Å². The van der Waals surface area contributed by atoms with Crippen molar-refractivity contribution in [2.24, 2.45) is 0 Å². The summed E-state index contributed by atoms with van der Waals surface area (Å²) in [5, 5.41) is 0. The lowest BCUT2D eigenvalue weighted by atomic mass is 10.2. The van der Waals surface area contributed by atoms with Gasteiger partial charge in [-0.1, -0.05) is 23.9 Å². The minimum Gasteiger partial charge on any atom is -0.398 e. The van der Waals surface area contributed by atoms with Crippen LogP contribution in [-0.2, 0) is 0 Å². The fourth-order valence-corrected chi connectivity index (χ4v) is 2.94. The Labute approximate surface area is 112 Å². The van der Waals surface area contributed by atoms with Crippen LogP contribution in [0.25, 0.3) is 0 Å². The van der Waals surface area contributed by atoms with Crippen molar-refractivity contribution in [2.45, 2.75) is 16.7 Å². The van der Waals surface area contributed by atoms with Gasteiger partial charge < -0.3 is 5.73 Å². The normalized spacial score (nSPS) is 10.5. The largest absolute Gasteiger partial charge is 0.398 e. The highest BCUT2D eigenvalue weighted by atomic mass is 79.9. The second kappa shape index (κ2) is 5.10. The summed E-state index contributed by atoms with van der Waals surface area (Å²) in [7, 11) is 0. The van der Waals surface area contributed by atoms with Gasteiger partial charge in [0.15, 0.2) is 0 Å². The zero-order chi connectivity index (χ0) is 12.4. The van der Waals surface area contributed by atoms with Crippen LogP contribution in [0.4, 0.5) is 10.1 Å². The van der Waals surface area contributed by atoms with Gasteiger partial charge in [-0.3, -0.25) is 0 Å². The summed E-state index contributed by atoms with van der Waals surface area (Å²) in [6, 6.07) is 10.5. The standard InChI is InChI=1S/C13H11BrFNS/c1-8-6-13(9(14)7-11(8)16)17-12-5-3-2-4-10(12)15/h2-7H,16H2,1H3. The summed E-state index contributed by atoms with van der Waals surface area (Å²) in [4.78, 5) is 1.57. The molecule has 0 radical (unpaired) electrons. The molecule has 0 aromatic heterocycles. The Hall–Kier alpha value is -1.00. The molecule has 2 rings (SSSR count). The predicted molar refractivity (Wildman–Crippen MR) is 73.8 cm³/mol. The minimum atomic E-state index is -0.209. The van der Waals surface area contributed by atoms with Crippen LogP contribution in [-0.4, -0.2) is 0 Å². The average molecular weight is 312 g/mol. The van der Waals surface area contributed by atoms with Crippen LogP contribution in [0.5, 0.6) is 0 Å². The third kappa shape index (κ3) is 2.82. The van der Waals surface area contributed by atoms with Gasteiger partial charge in [-0.15, -0.1) is 0 Å². The van der Waals surface area contributed by atoms with Gasteiger partial charge in [-0.25, -0.2) is 4.39 Å². The molecule has 0 bridgehead atoms. The highest BCUT2D eigenvalue weighted by Crippen LogP contribution is 2.36. The van der Waals surface area contributed by atoms with E-state index in [0.717, 1.165) is 20.6 Å². The van der Waals surface area contributed by atoms with Crippen LogP contribution in [0.3, 0.4) is 0 Å². The van der Waals surface area contributed by atoms with Gasteiger partial charge in [0.05, 0.1) is 0 Å². The Morgan fingerprint density at radius 1 is 1.18 bits per heavy atom. The molecule has 2 aromatic carbocycles. The maximum Gasteiger partial charge on any atom is 0.137 e. The van der Waals surface area contributed by atoms with E-state index in [9.17, 15) is 4.39 Å². The maximum absolute atomic E-state index is 13.5. The van der Waals surface area contributed by atoms with E-state index in [-0.39, 0.29) is 5.82 Å². The number of nitrogens with two attached hydrogens (primary N) is 1. The molecule has 0 spiro atoms. The molecule has 0 heterocycles. The minimum absolute atomic E-state index is 0.209. The van der Waals surface area contributed by atoms with Crippen LogP contribution in [0.15, 0.2) is 50.7 Å². The first-order valence-electron chi connectivity index (χ1n) is 5.06. The fraction of sp³-hybridized carbons (Fsp3) is 0.0769. The van der Waals surface area contributed by atoms with Gasteiger partial charge in [0.25, 0.3) is 0 Å². The number of benzene rings is 2. The summed E-state index contributed by atoms with van der Waals surface area (Å²) in [6.07, 6.45) is 0. The van der Waals surface area contributed by atoms with Gasteiger partial charge in [-0.2, -0.15) is 0 Å². The number of hydrogen-bond donors (Lipinski definition) is 1. The van der Waals surface area contributed by atoms with E-state index in [0.29, 0.717) is 4.90 Å². The summed E-state index contributed by atoms with van der Waals surface area (Å²) < 4.78 is 14.4. The Balaban J connectivity index is 2.37. The first-order valence-corrected chi connectivity index (χ1v) is 6.67. The van der Waals surface area contributed by atoms with Crippen molar-refractivity contribution in [1.29, 1.82) is 0 Å². The molecule has 0 unspecified atom stereocenters. The van der Waals surface area contributed by atoms with E-state index < -0.39 is 0 Å². The quantitative estimate of drug-likeness (QED) is 0.818. The molecule has 0 amide bonds. The first-order chi connectivity index (χ1) is 8.08. The number of anilines is 1. The van der Waals surface area contributed by atoms with Gasteiger partial charge in [-0.05, 0) is 52.7 Å². The fourth-order valence-electron chi connectivity index (χ4n) is 1.39. The Bertz CT molecular complexity index is 557. The number of halogens is 2. The van der Waals surface area contributed by atoms with Crippen LogP contribution in [0, 0.1) is 12.7 Å². The van der Waals surface area contributed by atoms with Gasteiger partial charge >= 0.3 is 0 Å². The molecule has 2 N–H and O–H groups in total. The maximum atomic E-state index is 13.5. The second-order valence-electron chi connectivity index (χ2n) is 3.67. The highest BCUT2D eigenvalue weighted by molar-refractivity contribution is 9.10. The van der Waals surface area contributed by atoms with E-state index in [2.05, 4.69) is 15.9 Å². The number of rotatable bonds is 2. The topological polar surface area (TPSA) is 26.0 Å². The van der Waals surface area contributed by atoms with Crippen molar-refractivity contribution in [1.82, 2.24) is 0 Å². The summed E-state index contributed by atoms with van der Waals surface area (Å²) >= 11 is 4.83. The van der Waals surface area contributed by atoms with Crippen LogP contribution < -0.4 is 5.73 Å². The van der Waals surface area contributed by atoms with Gasteiger partial charge in [0.1, 0.15) is 5.82 Å². The Morgan fingerprint density at radius 3 is 2.59 bits per heavy atom. The zero-order valence-electron chi connectivity index (χ0n) is 9.21. The molecule has 0 aliphatic carbocycles. The molecule has 0 aliphatic rings. The van der Waals surface area contributed by atoms with E-state index in [1.807, 2.05) is 25.1 Å². The van der Waals surface area contributed by atoms with Gasteiger partial charge in [0, 0.05) is 20.0 Å². The highest BCUT2D eigenvalue weighted by Gasteiger charge is 2.08. The molecule has 17 heavy (non-hydrogen) atoms. The summed E-state index contributed by atoms with van der Waals surface area (Å²) in [5.74, 6) is -0.209. The zero-order valence-corrected chi connectivity index (χ0v) is 11.6. The smallest absolute Gasteiger partial charge is 0.137 e. The Kier molecular flexibility index (Phi) is 3.74.